The molecule has 1 atom stereocenters. The second-order valence-electron chi connectivity index (χ2n) is 4.49. The van der Waals surface area contributed by atoms with Crippen molar-refractivity contribution in [2.75, 3.05) is 13.1 Å². The topological polar surface area (TPSA) is 77.8 Å². The van der Waals surface area contributed by atoms with E-state index in [4.69, 9.17) is 10.2 Å². The number of alkyl halides is 3. The van der Waals surface area contributed by atoms with Gasteiger partial charge in [-0.05, 0) is 24.6 Å². The van der Waals surface area contributed by atoms with E-state index in [1.54, 1.807) is 0 Å². The molecule has 0 aromatic heterocycles. The van der Waals surface area contributed by atoms with Crippen LogP contribution in [-0.2, 0) is 15.8 Å². The monoisotopic (exact) mass is 305 g/mol. The summed E-state index contributed by atoms with van der Waals surface area (Å²) < 4.78 is 38.0. The quantitative estimate of drug-likeness (QED) is 0.843. The molecule has 21 heavy (non-hydrogen) atoms. The van der Waals surface area contributed by atoms with Crippen molar-refractivity contribution in [1.29, 1.82) is 0 Å². The predicted molar refractivity (Wildman–Crippen MR) is 66.7 cm³/mol. The SMILES string of the molecule is CC(c1cccc(C(F)(F)F)c1)N(CC(=O)O)CC(=O)O. The molecule has 1 rings (SSSR count). The molecule has 0 amide bonds. The van der Waals surface area contributed by atoms with Gasteiger partial charge in [0.2, 0.25) is 0 Å². The minimum absolute atomic E-state index is 0.201. The Hall–Kier alpha value is -2.09. The van der Waals surface area contributed by atoms with Crippen LogP contribution in [0.15, 0.2) is 24.3 Å². The van der Waals surface area contributed by atoms with Crippen molar-refractivity contribution in [3.05, 3.63) is 35.4 Å². The Balaban J connectivity index is 3.05. The summed E-state index contributed by atoms with van der Waals surface area (Å²) in [5, 5.41) is 17.5. The summed E-state index contributed by atoms with van der Waals surface area (Å²) in [4.78, 5) is 22.5. The van der Waals surface area contributed by atoms with Crippen LogP contribution in [0.25, 0.3) is 0 Å². The third-order valence-electron chi connectivity index (χ3n) is 2.92. The molecule has 0 aliphatic carbocycles. The summed E-state index contributed by atoms with van der Waals surface area (Å²) in [6.07, 6.45) is -4.51. The van der Waals surface area contributed by atoms with Gasteiger partial charge in [-0.25, -0.2) is 0 Å². The molecule has 0 aliphatic rings. The molecule has 1 unspecified atom stereocenters. The maximum absolute atomic E-state index is 12.7. The number of hydrogen-bond donors (Lipinski definition) is 2. The largest absolute Gasteiger partial charge is 0.480 e. The van der Waals surface area contributed by atoms with E-state index in [-0.39, 0.29) is 5.56 Å². The van der Waals surface area contributed by atoms with Crippen LogP contribution in [0.1, 0.15) is 24.1 Å². The highest BCUT2D eigenvalue weighted by Crippen LogP contribution is 2.31. The summed E-state index contributed by atoms with van der Waals surface area (Å²) in [7, 11) is 0. The average Bonchev–Trinajstić information content (AvgIpc) is 2.35. The molecule has 0 spiro atoms. The van der Waals surface area contributed by atoms with Gasteiger partial charge in [0.25, 0.3) is 0 Å². The standard InChI is InChI=1S/C13H14F3NO4/c1-8(17(6-11(18)19)7-12(20)21)9-3-2-4-10(5-9)13(14,15)16/h2-5,8H,6-7H2,1H3,(H,18,19)(H,20,21). The summed E-state index contributed by atoms with van der Waals surface area (Å²) in [6, 6.07) is 3.61. The van der Waals surface area contributed by atoms with Gasteiger partial charge in [0.05, 0.1) is 18.7 Å². The number of aliphatic carboxylic acids is 2. The Kier molecular flexibility index (Phi) is 5.31. The molecule has 0 radical (unpaired) electrons. The zero-order chi connectivity index (χ0) is 16.2. The zero-order valence-corrected chi connectivity index (χ0v) is 11.1. The number of benzene rings is 1. The first-order valence-electron chi connectivity index (χ1n) is 5.96. The minimum atomic E-state index is -4.51. The number of hydrogen-bond acceptors (Lipinski definition) is 3. The van der Waals surface area contributed by atoms with Gasteiger partial charge in [-0.15, -0.1) is 0 Å². The highest BCUT2D eigenvalue weighted by atomic mass is 19.4. The first-order valence-corrected chi connectivity index (χ1v) is 5.96. The summed E-state index contributed by atoms with van der Waals surface area (Å²) in [6.45, 7) is 0.300. The first-order chi connectivity index (χ1) is 9.61. The number of nitrogens with zero attached hydrogens (tertiary/aromatic N) is 1. The number of carbonyl (C=O) groups is 2. The smallest absolute Gasteiger partial charge is 0.416 e. The normalized spacial score (nSPS) is 13.2. The molecule has 116 valence electrons. The van der Waals surface area contributed by atoms with Crippen LogP contribution in [-0.4, -0.2) is 40.1 Å². The van der Waals surface area contributed by atoms with Crippen LogP contribution < -0.4 is 0 Å². The van der Waals surface area contributed by atoms with Crippen LogP contribution in [0.5, 0.6) is 0 Å². The molecule has 0 saturated heterocycles. The summed E-state index contributed by atoms with van der Waals surface area (Å²) >= 11 is 0. The van der Waals surface area contributed by atoms with E-state index in [1.165, 1.54) is 19.1 Å². The predicted octanol–water partition coefficient (Wildman–Crippen LogP) is 2.24. The molecule has 1 aromatic rings. The van der Waals surface area contributed by atoms with Crippen molar-refractivity contribution >= 4 is 11.9 Å². The Morgan fingerprint density at radius 2 is 1.71 bits per heavy atom. The van der Waals surface area contributed by atoms with Crippen LogP contribution in [0.2, 0.25) is 0 Å². The van der Waals surface area contributed by atoms with Crippen molar-refractivity contribution < 1.29 is 33.0 Å². The fourth-order valence-corrected chi connectivity index (χ4v) is 1.86. The molecule has 0 saturated carbocycles. The molecule has 0 bridgehead atoms. The molecular formula is C13H14F3NO4. The Morgan fingerprint density at radius 3 is 2.14 bits per heavy atom. The number of carboxylic acid groups (broad SMARTS) is 2. The molecular weight excluding hydrogens is 291 g/mol. The van der Waals surface area contributed by atoms with Gasteiger partial charge in [-0.2, -0.15) is 13.2 Å². The number of carboxylic acids is 2. The van der Waals surface area contributed by atoms with Gasteiger partial charge in [-0.3, -0.25) is 14.5 Å². The highest BCUT2D eigenvalue weighted by Gasteiger charge is 2.31. The third-order valence-corrected chi connectivity index (χ3v) is 2.92. The lowest BCUT2D eigenvalue weighted by molar-refractivity contribution is -0.143. The van der Waals surface area contributed by atoms with Crippen LogP contribution in [0.3, 0.4) is 0 Å². The van der Waals surface area contributed by atoms with E-state index in [0.29, 0.717) is 0 Å². The number of rotatable bonds is 6. The van der Waals surface area contributed by atoms with E-state index in [0.717, 1.165) is 17.0 Å². The van der Waals surface area contributed by atoms with E-state index in [9.17, 15) is 22.8 Å². The zero-order valence-electron chi connectivity index (χ0n) is 11.1. The first kappa shape index (κ1) is 17.0. The molecule has 0 aliphatic heterocycles. The molecule has 0 fully saturated rings. The van der Waals surface area contributed by atoms with E-state index < -0.39 is 42.8 Å². The van der Waals surface area contributed by atoms with Crippen LogP contribution in [0, 0.1) is 0 Å². The van der Waals surface area contributed by atoms with Crippen LogP contribution in [0.4, 0.5) is 13.2 Å². The van der Waals surface area contributed by atoms with Gasteiger partial charge < -0.3 is 10.2 Å². The Labute approximate surface area is 118 Å². The molecule has 5 nitrogen and oxygen atoms in total. The maximum Gasteiger partial charge on any atom is 0.416 e. The lowest BCUT2D eigenvalue weighted by Crippen LogP contribution is -2.36. The Morgan fingerprint density at radius 1 is 1.19 bits per heavy atom. The van der Waals surface area contributed by atoms with E-state index in [1.807, 2.05) is 0 Å². The fraction of sp³-hybridized carbons (Fsp3) is 0.385. The molecule has 2 N–H and O–H groups in total. The molecule has 1 aromatic carbocycles. The Bertz CT molecular complexity index is 514. The summed E-state index contributed by atoms with van der Waals surface area (Å²) in [5.74, 6) is -2.51. The van der Waals surface area contributed by atoms with Gasteiger partial charge in [0, 0.05) is 6.04 Å². The van der Waals surface area contributed by atoms with Gasteiger partial charge in [-0.1, -0.05) is 12.1 Å². The lowest BCUT2D eigenvalue weighted by Gasteiger charge is -2.26. The number of halogens is 3. The minimum Gasteiger partial charge on any atom is -0.480 e. The van der Waals surface area contributed by atoms with Crippen molar-refractivity contribution in [3.8, 4) is 0 Å². The highest BCUT2D eigenvalue weighted by molar-refractivity contribution is 5.72. The van der Waals surface area contributed by atoms with Crippen molar-refractivity contribution in [1.82, 2.24) is 4.90 Å². The second-order valence-corrected chi connectivity index (χ2v) is 4.49. The summed E-state index contributed by atoms with van der Waals surface area (Å²) in [5.41, 5.74) is -0.662. The van der Waals surface area contributed by atoms with Crippen molar-refractivity contribution in [2.45, 2.75) is 19.1 Å². The van der Waals surface area contributed by atoms with Gasteiger partial charge in [0.1, 0.15) is 0 Å². The maximum atomic E-state index is 12.7. The average molecular weight is 305 g/mol. The second kappa shape index (κ2) is 6.57. The van der Waals surface area contributed by atoms with E-state index in [2.05, 4.69) is 0 Å². The van der Waals surface area contributed by atoms with Crippen molar-refractivity contribution in [3.63, 3.8) is 0 Å². The lowest BCUT2D eigenvalue weighted by atomic mass is 10.0. The van der Waals surface area contributed by atoms with E-state index >= 15 is 0 Å². The van der Waals surface area contributed by atoms with Crippen LogP contribution >= 0.6 is 0 Å². The fourth-order valence-electron chi connectivity index (χ4n) is 1.86. The molecule has 0 heterocycles. The third kappa shape index (κ3) is 5.07. The van der Waals surface area contributed by atoms with Crippen molar-refractivity contribution in [2.24, 2.45) is 0 Å². The van der Waals surface area contributed by atoms with Gasteiger partial charge in [0.15, 0.2) is 0 Å². The molecule has 8 heteroatoms. The van der Waals surface area contributed by atoms with Gasteiger partial charge >= 0.3 is 18.1 Å².